The molecule has 0 amide bonds. The number of rotatable bonds is 8. The van der Waals surface area contributed by atoms with Crippen molar-refractivity contribution in [3.05, 3.63) is 0 Å². The maximum absolute atomic E-state index is 11.5. The molecule has 0 aromatic carbocycles. The Morgan fingerprint density at radius 3 is 1.80 bits per heavy atom. The minimum Gasteiger partial charge on any atom is -0.389 e. The molecule has 0 aliphatic rings. The first kappa shape index (κ1) is 15.1. The van der Waals surface area contributed by atoms with Crippen LogP contribution < -0.4 is 0 Å². The Morgan fingerprint density at radius 2 is 1.40 bits per heavy atom. The Hall–Kier alpha value is 0.0506. The van der Waals surface area contributed by atoms with Gasteiger partial charge in [0.15, 0.2) is 0 Å². The monoisotopic (exact) mass is 260 g/mol. The molecule has 15 heavy (non-hydrogen) atoms. The molecule has 0 fully saturated rings. The highest BCUT2D eigenvalue weighted by Crippen LogP contribution is 2.22. The van der Waals surface area contributed by atoms with Gasteiger partial charge in [-0.2, -0.15) is 0 Å². The lowest BCUT2D eigenvalue weighted by Crippen LogP contribution is -2.09. The standard InChI is InChI=1S/C9H20O3Si3/c1-13(10)7-4-5-9(15(3)12)6-8-14(2)11/h9H,4-8H2,1-3H3. The zero-order chi connectivity index (χ0) is 11.8. The molecule has 0 spiro atoms. The van der Waals surface area contributed by atoms with E-state index in [2.05, 4.69) is 0 Å². The van der Waals surface area contributed by atoms with Gasteiger partial charge in [0.1, 0.15) is 0 Å². The molecular weight excluding hydrogens is 240 g/mol. The predicted octanol–water partition coefficient (Wildman–Crippen LogP) is 2.68. The van der Waals surface area contributed by atoms with Gasteiger partial charge >= 0.3 is 0 Å². The van der Waals surface area contributed by atoms with Gasteiger partial charge in [-0.1, -0.05) is 0 Å². The third-order valence-corrected chi connectivity index (χ3v) is 6.28. The summed E-state index contributed by atoms with van der Waals surface area (Å²) in [5, 5.41) is 0. The van der Waals surface area contributed by atoms with Crippen molar-refractivity contribution in [2.24, 2.45) is 0 Å². The molecule has 0 aromatic heterocycles. The number of hydrogen-bond donors (Lipinski definition) is 0. The Labute approximate surface area is 96.3 Å². The van der Waals surface area contributed by atoms with Crippen molar-refractivity contribution in [2.75, 3.05) is 0 Å². The van der Waals surface area contributed by atoms with Gasteiger partial charge in [-0.05, 0) is 51.0 Å². The third-order valence-electron chi connectivity index (χ3n) is 2.50. The zero-order valence-corrected chi connectivity index (χ0v) is 12.8. The first-order chi connectivity index (χ1) is 6.93. The van der Waals surface area contributed by atoms with E-state index in [1.165, 1.54) is 0 Å². The average Bonchev–Trinajstić information content (AvgIpc) is 2.09. The Kier molecular flexibility index (Phi) is 8.26. The first-order valence-electron chi connectivity index (χ1n) is 5.42. The fourth-order valence-electron chi connectivity index (χ4n) is 1.53. The molecule has 0 heterocycles. The van der Waals surface area contributed by atoms with Gasteiger partial charge in [-0.3, -0.25) is 0 Å². The minimum absolute atomic E-state index is 0.213. The molecule has 1 atom stereocenters. The maximum atomic E-state index is 11.5. The topological polar surface area (TPSA) is 51.2 Å². The van der Waals surface area contributed by atoms with Gasteiger partial charge < -0.3 is 13.4 Å². The summed E-state index contributed by atoms with van der Waals surface area (Å²) in [6, 6.07) is 1.47. The highest BCUT2D eigenvalue weighted by molar-refractivity contribution is 6.44. The smallest absolute Gasteiger partial charge is 0.276 e. The highest BCUT2D eigenvalue weighted by atomic mass is 28.3. The molecule has 0 N–H and O–H groups in total. The Balaban J connectivity index is 3.88. The summed E-state index contributed by atoms with van der Waals surface area (Å²) in [7, 11) is -4.34. The molecule has 0 rings (SSSR count). The second kappa shape index (κ2) is 8.23. The van der Waals surface area contributed by atoms with Crippen LogP contribution in [0.15, 0.2) is 0 Å². The highest BCUT2D eigenvalue weighted by Gasteiger charge is 2.17. The lowest BCUT2D eigenvalue weighted by Gasteiger charge is -2.10. The van der Waals surface area contributed by atoms with E-state index >= 15 is 0 Å². The van der Waals surface area contributed by atoms with Crippen molar-refractivity contribution in [3.63, 3.8) is 0 Å². The van der Waals surface area contributed by atoms with Crippen molar-refractivity contribution < 1.29 is 13.4 Å². The largest absolute Gasteiger partial charge is 0.389 e. The van der Waals surface area contributed by atoms with Crippen LogP contribution in [-0.2, 0) is 13.4 Å². The summed E-state index contributed by atoms with van der Waals surface area (Å²) >= 11 is 0. The van der Waals surface area contributed by atoms with E-state index in [0.717, 1.165) is 25.3 Å². The second-order valence-electron chi connectivity index (χ2n) is 4.14. The molecule has 0 aromatic rings. The Morgan fingerprint density at radius 1 is 0.867 bits per heavy atom. The quantitative estimate of drug-likeness (QED) is 0.631. The van der Waals surface area contributed by atoms with E-state index in [4.69, 9.17) is 0 Å². The maximum Gasteiger partial charge on any atom is 0.276 e. The van der Waals surface area contributed by atoms with E-state index in [1.54, 1.807) is 19.6 Å². The molecular formula is C9H20O3Si3. The molecule has 0 aliphatic carbocycles. The molecule has 0 saturated heterocycles. The lowest BCUT2D eigenvalue weighted by atomic mass is 10.2. The average molecular weight is 261 g/mol. The van der Waals surface area contributed by atoms with Crippen LogP contribution in [0.4, 0.5) is 0 Å². The van der Waals surface area contributed by atoms with Crippen LogP contribution in [-0.4, -0.2) is 26.0 Å². The zero-order valence-electron chi connectivity index (χ0n) is 9.84. The van der Waals surface area contributed by atoms with E-state index in [1.807, 2.05) is 0 Å². The molecule has 0 aliphatic heterocycles. The minimum atomic E-state index is -1.53. The summed E-state index contributed by atoms with van der Waals surface area (Å²) in [5.41, 5.74) is 0.213. The molecule has 3 nitrogen and oxygen atoms in total. The van der Waals surface area contributed by atoms with Gasteiger partial charge in [0.2, 0.25) is 0 Å². The van der Waals surface area contributed by atoms with Crippen molar-refractivity contribution in [3.8, 4) is 0 Å². The SMILES string of the molecule is C[Si](=O)CCCC(CC[Si](C)=O)[Si](C)=O. The van der Waals surface area contributed by atoms with Crippen LogP contribution in [0.5, 0.6) is 0 Å². The van der Waals surface area contributed by atoms with Crippen LogP contribution in [0.3, 0.4) is 0 Å². The summed E-state index contributed by atoms with van der Waals surface area (Å²) in [6.07, 6.45) is 2.59. The molecule has 0 saturated carbocycles. The second-order valence-corrected chi connectivity index (χ2v) is 9.99. The van der Waals surface area contributed by atoms with E-state index in [0.29, 0.717) is 6.04 Å². The fraction of sp³-hybridized carbons (Fsp3) is 1.00. The van der Waals surface area contributed by atoms with Crippen LogP contribution in [0, 0.1) is 0 Å². The van der Waals surface area contributed by atoms with Gasteiger partial charge in [0.05, 0.1) is 0 Å². The third kappa shape index (κ3) is 9.01. The lowest BCUT2D eigenvalue weighted by molar-refractivity contribution is 0.526. The first-order valence-corrected chi connectivity index (χ1v) is 11.6. The van der Waals surface area contributed by atoms with Crippen LogP contribution in [0.2, 0.25) is 37.3 Å². The van der Waals surface area contributed by atoms with Crippen LogP contribution in [0.25, 0.3) is 0 Å². The van der Waals surface area contributed by atoms with Gasteiger partial charge in [0, 0.05) is 5.54 Å². The van der Waals surface area contributed by atoms with Crippen molar-refractivity contribution in [1.82, 2.24) is 0 Å². The summed E-state index contributed by atoms with van der Waals surface area (Å²) in [5.74, 6) is 0. The molecule has 1 unspecified atom stereocenters. The van der Waals surface area contributed by atoms with E-state index < -0.39 is 26.0 Å². The summed E-state index contributed by atoms with van der Waals surface area (Å²) in [4.78, 5) is 0. The van der Waals surface area contributed by atoms with E-state index in [-0.39, 0.29) is 5.54 Å². The van der Waals surface area contributed by atoms with Gasteiger partial charge in [0.25, 0.3) is 26.0 Å². The van der Waals surface area contributed by atoms with Gasteiger partial charge in [-0.25, -0.2) is 0 Å². The van der Waals surface area contributed by atoms with Crippen LogP contribution >= 0.6 is 0 Å². The molecule has 0 radical (unpaired) electrons. The fourth-order valence-corrected chi connectivity index (χ4v) is 4.43. The van der Waals surface area contributed by atoms with Gasteiger partial charge in [-0.15, -0.1) is 0 Å². The van der Waals surface area contributed by atoms with Crippen molar-refractivity contribution in [2.45, 2.75) is 56.5 Å². The van der Waals surface area contributed by atoms with E-state index in [9.17, 15) is 13.4 Å². The Bertz CT molecular complexity index is 253. The van der Waals surface area contributed by atoms with Crippen molar-refractivity contribution in [1.29, 1.82) is 0 Å². The summed E-state index contributed by atoms with van der Waals surface area (Å²) in [6.45, 7) is 5.29. The van der Waals surface area contributed by atoms with Crippen molar-refractivity contribution >= 4 is 26.0 Å². The molecule has 0 bridgehead atoms. The number of hydrogen-bond acceptors (Lipinski definition) is 3. The molecule has 6 heteroatoms. The normalized spacial score (nSPS) is 12.2. The molecule has 86 valence electrons. The van der Waals surface area contributed by atoms with Crippen LogP contribution in [0.1, 0.15) is 19.3 Å². The predicted molar refractivity (Wildman–Crippen MR) is 64.1 cm³/mol. The summed E-state index contributed by atoms with van der Waals surface area (Å²) < 4.78 is 33.4.